The van der Waals surface area contributed by atoms with Gasteiger partial charge in [-0.25, -0.2) is 4.98 Å². The largest absolute Gasteiger partial charge is 0.481 e. The maximum Gasteiger partial charge on any atom is 0.212 e. The second-order valence-electron chi connectivity index (χ2n) is 7.48. The summed E-state index contributed by atoms with van der Waals surface area (Å²) >= 11 is 0. The molecule has 0 amide bonds. The number of hydrogen-bond acceptors (Lipinski definition) is 6. The molecule has 2 aromatic heterocycles. The zero-order valence-electron chi connectivity index (χ0n) is 16.1. The van der Waals surface area contributed by atoms with E-state index >= 15 is 0 Å². The van der Waals surface area contributed by atoms with E-state index in [1.165, 1.54) is 29.7 Å². The van der Waals surface area contributed by atoms with Crippen molar-refractivity contribution in [2.24, 2.45) is 0 Å². The normalized spacial score (nSPS) is 22.0. The van der Waals surface area contributed by atoms with Crippen LogP contribution in [-0.2, 0) is 17.8 Å². The van der Waals surface area contributed by atoms with Crippen molar-refractivity contribution in [1.29, 1.82) is 0 Å². The van der Waals surface area contributed by atoms with Gasteiger partial charge in [-0.1, -0.05) is 6.07 Å². The Morgan fingerprint density at radius 2 is 2.04 bits per heavy atom. The standard InChI is InChI=1S/C20H29N5O2/c1-26-19-5-4-16(11-21-19)13-25-6-2-3-17(14-25)20-18(12-22-23-20)15-24-7-9-27-10-8-24/h4-5,11-12,17H,2-3,6-10,13-15H2,1H3,(H,22,23). The van der Waals surface area contributed by atoms with E-state index < -0.39 is 0 Å². The fourth-order valence-electron chi connectivity index (χ4n) is 4.12. The average Bonchev–Trinajstić information content (AvgIpc) is 3.18. The van der Waals surface area contributed by atoms with Crippen molar-refractivity contribution in [1.82, 2.24) is 25.0 Å². The van der Waals surface area contributed by atoms with Crippen LogP contribution in [-0.4, -0.2) is 71.5 Å². The van der Waals surface area contributed by atoms with Gasteiger partial charge in [-0.05, 0) is 24.9 Å². The number of rotatable bonds is 6. The molecule has 0 bridgehead atoms. The third-order valence-corrected chi connectivity index (χ3v) is 5.58. The van der Waals surface area contributed by atoms with Gasteiger partial charge in [-0.3, -0.25) is 14.9 Å². The molecule has 2 aliphatic heterocycles. The van der Waals surface area contributed by atoms with Crippen LogP contribution in [0.3, 0.4) is 0 Å². The van der Waals surface area contributed by atoms with E-state index in [2.05, 4.69) is 31.0 Å². The molecule has 146 valence electrons. The van der Waals surface area contributed by atoms with Crippen molar-refractivity contribution in [3.05, 3.63) is 41.3 Å². The molecule has 2 saturated heterocycles. The van der Waals surface area contributed by atoms with E-state index in [4.69, 9.17) is 9.47 Å². The van der Waals surface area contributed by atoms with Gasteiger partial charge in [-0.2, -0.15) is 5.10 Å². The highest BCUT2D eigenvalue weighted by Crippen LogP contribution is 2.29. The fraction of sp³-hybridized carbons (Fsp3) is 0.600. The maximum absolute atomic E-state index is 5.47. The molecule has 0 spiro atoms. The first kappa shape index (κ1) is 18.4. The predicted octanol–water partition coefficient (Wildman–Crippen LogP) is 2.03. The summed E-state index contributed by atoms with van der Waals surface area (Å²) in [6.07, 6.45) is 6.36. The lowest BCUT2D eigenvalue weighted by molar-refractivity contribution is 0.0339. The van der Waals surface area contributed by atoms with Gasteiger partial charge >= 0.3 is 0 Å². The van der Waals surface area contributed by atoms with Gasteiger partial charge < -0.3 is 9.47 Å². The lowest BCUT2D eigenvalue weighted by Crippen LogP contribution is -2.37. The van der Waals surface area contributed by atoms with Crippen molar-refractivity contribution in [2.45, 2.75) is 31.8 Å². The first-order chi connectivity index (χ1) is 13.3. The lowest BCUT2D eigenvalue weighted by Gasteiger charge is -2.33. The Hall–Kier alpha value is -1.96. The molecule has 2 aromatic rings. The SMILES string of the molecule is COc1ccc(CN2CCCC(c3[nH]ncc3CN3CCOCC3)C2)cn1. The summed E-state index contributed by atoms with van der Waals surface area (Å²) in [4.78, 5) is 9.31. The van der Waals surface area contributed by atoms with Crippen LogP contribution in [0.2, 0.25) is 0 Å². The summed E-state index contributed by atoms with van der Waals surface area (Å²) in [5.41, 5.74) is 3.89. The molecular weight excluding hydrogens is 342 g/mol. The van der Waals surface area contributed by atoms with Gasteiger partial charge in [0.2, 0.25) is 5.88 Å². The summed E-state index contributed by atoms with van der Waals surface area (Å²) in [7, 11) is 1.65. The third-order valence-electron chi connectivity index (χ3n) is 5.58. The molecular formula is C20H29N5O2. The number of nitrogens with one attached hydrogen (secondary N) is 1. The Morgan fingerprint density at radius 3 is 2.81 bits per heavy atom. The van der Waals surface area contributed by atoms with Crippen molar-refractivity contribution in [3.63, 3.8) is 0 Å². The molecule has 0 aromatic carbocycles. The molecule has 7 heteroatoms. The molecule has 4 heterocycles. The molecule has 27 heavy (non-hydrogen) atoms. The highest BCUT2D eigenvalue weighted by molar-refractivity contribution is 5.22. The monoisotopic (exact) mass is 371 g/mol. The van der Waals surface area contributed by atoms with E-state index in [0.29, 0.717) is 11.8 Å². The molecule has 0 radical (unpaired) electrons. The topological polar surface area (TPSA) is 66.5 Å². The summed E-state index contributed by atoms with van der Waals surface area (Å²) in [6.45, 7) is 7.77. The van der Waals surface area contributed by atoms with Crippen LogP contribution in [0.1, 0.15) is 35.6 Å². The number of pyridine rings is 1. The van der Waals surface area contributed by atoms with Crippen molar-refractivity contribution in [3.8, 4) is 5.88 Å². The molecule has 0 saturated carbocycles. The van der Waals surface area contributed by atoms with E-state index in [9.17, 15) is 0 Å². The number of ether oxygens (including phenoxy) is 2. The second-order valence-corrected chi connectivity index (χ2v) is 7.48. The average molecular weight is 371 g/mol. The molecule has 1 atom stereocenters. The Balaban J connectivity index is 1.38. The number of morpholine rings is 1. The van der Waals surface area contributed by atoms with Crippen LogP contribution in [0.15, 0.2) is 24.5 Å². The van der Waals surface area contributed by atoms with Gasteiger partial charge in [0, 0.05) is 62.2 Å². The van der Waals surface area contributed by atoms with Gasteiger partial charge in [0.05, 0.1) is 26.5 Å². The first-order valence-corrected chi connectivity index (χ1v) is 9.85. The highest BCUT2D eigenvalue weighted by atomic mass is 16.5. The maximum atomic E-state index is 5.47. The second kappa shape index (κ2) is 8.82. The van der Waals surface area contributed by atoms with Gasteiger partial charge in [0.25, 0.3) is 0 Å². The summed E-state index contributed by atoms with van der Waals surface area (Å²) < 4.78 is 10.6. The number of piperidine rings is 1. The molecule has 2 aliphatic rings. The third kappa shape index (κ3) is 4.66. The number of hydrogen-bond donors (Lipinski definition) is 1. The van der Waals surface area contributed by atoms with Crippen LogP contribution in [0.25, 0.3) is 0 Å². The number of methoxy groups -OCH3 is 1. The molecule has 1 unspecified atom stereocenters. The van der Waals surface area contributed by atoms with Gasteiger partial charge in [0.15, 0.2) is 0 Å². The number of nitrogens with zero attached hydrogens (tertiary/aromatic N) is 4. The van der Waals surface area contributed by atoms with Crippen LogP contribution in [0.4, 0.5) is 0 Å². The minimum absolute atomic E-state index is 0.517. The molecule has 0 aliphatic carbocycles. The summed E-state index contributed by atoms with van der Waals surface area (Å²) in [6, 6.07) is 4.04. The highest BCUT2D eigenvalue weighted by Gasteiger charge is 2.25. The zero-order chi connectivity index (χ0) is 18.5. The minimum atomic E-state index is 0.517. The fourth-order valence-corrected chi connectivity index (χ4v) is 4.12. The lowest BCUT2D eigenvalue weighted by atomic mass is 9.92. The number of likely N-dealkylation sites (tertiary alicyclic amines) is 1. The molecule has 2 fully saturated rings. The Morgan fingerprint density at radius 1 is 1.15 bits per heavy atom. The molecule has 4 rings (SSSR count). The minimum Gasteiger partial charge on any atom is -0.481 e. The van der Waals surface area contributed by atoms with E-state index in [1.54, 1.807) is 7.11 Å². The van der Waals surface area contributed by atoms with Crippen LogP contribution >= 0.6 is 0 Å². The van der Waals surface area contributed by atoms with E-state index in [0.717, 1.165) is 52.5 Å². The summed E-state index contributed by atoms with van der Waals surface area (Å²) in [5.74, 6) is 1.18. The van der Waals surface area contributed by atoms with Crippen LogP contribution in [0, 0.1) is 0 Å². The van der Waals surface area contributed by atoms with E-state index in [1.807, 2.05) is 18.5 Å². The van der Waals surface area contributed by atoms with Crippen molar-refractivity contribution >= 4 is 0 Å². The summed E-state index contributed by atoms with van der Waals surface area (Å²) in [5, 5.41) is 7.67. The van der Waals surface area contributed by atoms with Crippen molar-refractivity contribution in [2.75, 3.05) is 46.5 Å². The number of aromatic amines is 1. The van der Waals surface area contributed by atoms with Crippen LogP contribution < -0.4 is 4.74 Å². The molecule has 7 nitrogen and oxygen atoms in total. The number of H-pyrrole nitrogens is 1. The van der Waals surface area contributed by atoms with Crippen LogP contribution in [0.5, 0.6) is 5.88 Å². The quantitative estimate of drug-likeness (QED) is 0.838. The Bertz CT molecular complexity index is 711. The Kier molecular flexibility index (Phi) is 6.01. The van der Waals surface area contributed by atoms with Gasteiger partial charge in [0.1, 0.15) is 0 Å². The predicted molar refractivity (Wildman–Crippen MR) is 103 cm³/mol. The van der Waals surface area contributed by atoms with E-state index in [-0.39, 0.29) is 0 Å². The first-order valence-electron chi connectivity index (χ1n) is 9.85. The Labute approximate surface area is 160 Å². The zero-order valence-corrected chi connectivity index (χ0v) is 16.1. The smallest absolute Gasteiger partial charge is 0.212 e. The number of aromatic nitrogens is 3. The van der Waals surface area contributed by atoms with Crippen molar-refractivity contribution < 1.29 is 9.47 Å². The molecule has 1 N–H and O–H groups in total. The van der Waals surface area contributed by atoms with Gasteiger partial charge in [-0.15, -0.1) is 0 Å².